The number of carbonyl (C=O) groups is 2. The molecule has 1 heterocycles. The van der Waals surface area contributed by atoms with Crippen molar-refractivity contribution in [3.05, 3.63) is 88.6 Å². The van der Waals surface area contributed by atoms with E-state index < -0.39 is 11.8 Å². The summed E-state index contributed by atoms with van der Waals surface area (Å²) in [6.07, 6.45) is 0. The van der Waals surface area contributed by atoms with E-state index in [1.54, 1.807) is 31.4 Å². The van der Waals surface area contributed by atoms with Gasteiger partial charge in [-0.15, -0.1) is 0 Å². The van der Waals surface area contributed by atoms with Crippen molar-refractivity contribution in [2.75, 3.05) is 24.4 Å². The Labute approximate surface area is 193 Å². The summed E-state index contributed by atoms with van der Waals surface area (Å²) in [5, 5.41) is 3.21. The molecule has 0 saturated carbocycles. The molecule has 0 spiro atoms. The molecule has 6 nitrogen and oxygen atoms in total. The van der Waals surface area contributed by atoms with Gasteiger partial charge in [-0.1, -0.05) is 42.0 Å². The Kier molecular flexibility index (Phi) is 5.92. The molecule has 0 radical (unpaired) electrons. The number of aryl methyl sites for hydroxylation is 3. The first-order valence-corrected chi connectivity index (χ1v) is 10.6. The van der Waals surface area contributed by atoms with Crippen molar-refractivity contribution in [1.29, 1.82) is 0 Å². The summed E-state index contributed by atoms with van der Waals surface area (Å²) in [6, 6.07) is 18.4. The molecule has 2 amide bonds. The Morgan fingerprint density at radius 1 is 0.758 bits per heavy atom. The van der Waals surface area contributed by atoms with Gasteiger partial charge in [-0.05, 0) is 61.7 Å². The van der Waals surface area contributed by atoms with Crippen LogP contribution in [0.4, 0.5) is 11.4 Å². The lowest BCUT2D eigenvalue weighted by molar-refractivity contribution is -0.120. The number of amides is 2. The standard InChI is InChI=1S/C27H26N2O4/c1-16-10-12-19(18(3)14-16)24-25(28-20-15-17(2)11-13-22(20)32-4)27(31)29(26(24)30)21-8-6-7-9-23(21)33-5/h6-15,28H,1-5H3. The zero-order valence-electron chi connectivity index (χ0n) is 19.4. The van der Waals surface area contributed by atoms with Gasteiger partial charge in [-0.25, -0.2) is 4.90 Å². The van der Waals surface area contributed by atoms with Gasteiger partial charge >= 0.3 is 0 Å². The molecule has 0 saturated heterocycles. The Bertz CT molecular complexity index is 1290. The molecular formula is C27H26N2O4. The van der Waals surface area contributed by atoms with E-state index in [-0.39, 0.29) is 5.70 Å². The monoisotopic (exact) mass is 442 g/mol. The van der Waals surface area contributed by atoms with Crippen LogP contribution in [0, 0.1) is 20.8 Å². The van der Waals surface area contributed by atoms with E-state index >= 15 is 0 Å². The number of nitrogens with zero attached hydrogens (tertiary/aromatic N) is 1. The normalized spacial score (nSPS) is 13.5. The molecule has 1 aliphatic heterocycles. The number of imide groups is 1. The van der Waals surface area contributed by atoms with Crippen molar-refractivity contribution < 1.29 is 19.1 Å². The van der Waals surface area contributed by atoms with Crippen LogP contribution in [0.5, 0.6) is 11.5 Å². The van der Waals surface area contributed by atoms with E-state index in [1.165, 1.54) is 7.11 Å². The first-order valence-electron chi connectivity index (χ1n) is 10.6. The van der Waals surface area contributed by atoms with E-state index in [2.05, 4.69) is 5.32 Å². The minimum Gasteiger partial charge on any atom is -0.495 e. The third-order valence-corrected chi connectivity index (χ3v) is 5.68. The second kappa shape index (κ2) is 8.82. The minimum atomic E-state index is -0.456. The van der Waals surface area contributed by atoms with Crippen molar-refractivity contribution in [2.24, 2.45) is 0 Å². The van der Waals surface area contributed by atoms with E-state index in [0.29, 0.717) is 34.0 Å². The Hall–Kier alpha value is -4.06. The first kappa shape index (κ1) is 22.1. The number of hydrogen-bond donors (Lipinski definition) is 1. The summed E-state index contributed by atoms with van der Waals surface area (Å²) >= 11 is 0. The smallest absolute Gasteiger partial charge is 0.282 e. The minimum absolute atomic E-state index is 0.196. The van der Waals surface area contributed by atoms with E-state index in [1.807, 2.05) is 57.2 Å². The largest absolute Gasteiger partial charge is 0.495 e. The number of ether oxygens (including phenoxy) is 2. The van der Waals surface area contributed by atoms with Gasteiger partial charge in [0.25, 0.3) is 11.8 Å². The molecule has 1 aliphatic rings. The second-order valence-electron chi connectivity index (χ2n) is 8.01. The van der Waals surface area contributed by atoms with Crippen molar-refractivity contribution >= 4 is 28.8 Å². The first-order chi connectivity index (χ1) is 15.8. The molecule has 0 aliphatic carbocycles. The lowest BCUT2D eigenvalue weighted by Crippen LogP contribution is -2.32. The summed E-state index contributed by atoms with van der Waals surface area (Å²) in [4.78, 5) is 28.7. The van der Waals surface area contributed by atoms with Crippen molar-refractivity contribution in [1.82, 2.24) is 0 Å². The number of hydrogen-bond acceptors (Lipinski definition) is 5. The zero-order valence-corrected chi connectivity index (χ0v) is 19.4. The number of nitrogens with one attached hydrogen (secondary N) is 1. The second-order valence-corrected chi connectivity index (χ2v) is 8.01. The molecule has 4 rings (SSSR count). The van der Waals surface area contributed by atoms with Crippen LogP contribution in [0.3, 0.4) is 0 Å². The fourth-order valence-electron chi connectivity index (χ4n) is 4.08. The molecule has 0 bridgehead atoms. The van der Waals surface area contributed by atoms with Gasteiger partial charge in [0, 0.05) is 0 Å². The van der Waals surface area contributed by atoms with Gasteiger partial charge < -0.3 is 14.8 Å². The highest BCUT2D eigenvalue weighted by Gasteiger charge is 2.42. The molecule has 3 aromatic carbocycles. The third-order valence-electron chi connectivity index (χ3n) is 5.68. The van der Waals surface area contributed by atoms with Gasteiger partial charge in [-0.3, -0.25) is 9.59 Å². The predicted octanol–water partition coefficient (Wildman–Crippen LogP) is 5.03. The maximum absolute atomic E-state index is 13.8. The van der Waals surface area contributed by atoms with E-state index in [0.717, 1.165) is 21.6 Å². The molecule has 33 heavy (non-hydrogen) atoms. The highest BCUT2D eigenvalue weighted by molar-refractivity contribution is 6.46. The fraction of sp³-hybridized carbons (Fsp3) is 0.185. The summed E-state index contributed by atoms with van der Waals surface area (Å²) < 4.78 is 10.9. The zero-order chi connectivity index (χ0) is 23.7. The highest BCUT2D eigenvalue weighted by Crippen LogP contribution is 2.39. The molecule has 6 heteroatoms. The van der Waals surface area contributed by atoms with Crippen molar-refractivity contribution in [2.45, 2.75) is 20.8 Å². The van der Waals surface area contributed by atoms with E-state index in [9.17, 15) is 9.59 Å². The molecule has 168 valence electrons. The van der Waals surface area contributed by atoms with Gasteiger partial charge in [0.2, 0.25) is 0 Å². The maximum Gasteiger partial charge on any atom is 0.282 e. The van der Waals surface area contributed by atoms with Crippen LogP contribution in [-0.4, -0.2) is 26.0 Å². The number of carbonyl (C=O) groups excluding carboxylic acids is 2. The van der Waals surface area contributed by atoms with Crippen LogP contribution in [0.15, 0.2) is 66.4 Å². The van der Waals surface area contributed by atoms with Gasteiger partial charge in [0.1, 0.15) is 17.2 Å². The number of anilines is 2. The summed E-state index contributed by atoms with van der Waals surface area (Å²) in [5.74, 6) is 0.145. The Balaban J connectivity index is 1.91. The van der Waals surface area contributed by atoms with Crippen LogP contribution in [0.2, 0.25) is 0 Å². The number of para-hydroxylation sites is 2. The van der Waals surface area contributed by atoms with Crippen LogP contribution in [0.25, 0.3) is 5.57 Å². The van der Waals surface area contributed by atoms with E-state index in [4.69, 9.17) is 9.47 Å². The fourth-order valence-corrected chi connectivity index (χ4v) is 4.08. The van der Waals surface area contributed by atoms with Crippen molar-refractivity contribution in [3.63, 3.8) is 0 Å². The molecule has 0 atom stereocenters. The average Bonchev–Trinajstić information content (AvgIpc) is 3.03. The Morgan fingerprint density at radius 3 is 2.12 bits per heavy atom. The molecule has 3 aromatic rings. The van der Waals surface area contributed by atoms with Gasteiger partial charge in [0.15, 0.2) is 0 Å². The maximum atomic E-state index is 13.8. The summed E-state index contributed by atoms with van der Waals surface area (Å²) in [7, 11) is 3.08. The predicted molar refractivity (Wildman–Crippen MR) is 130 cm³/mol. The lowest BCUT2D eigenvalue weighted by atomic mass is 9.97. The molecule has 1 N–H and O–H groups in total. The third kappa shape index (κ3) is 3.96. The summed E-state index contributed by atoms with van der Waals surface area (Å²) in [6.45, 7) is 5.88. The summed E-state index contributed by atoms with van der Waals surface area (Å²) in [5.41, 5.74) is 5.18. The van der Waals surface area contributed by atoms with Crippen LogP contribution in [-0.2, 0) is 9.59 Å². The van der Waals surface area contributed by atoms with Gasteiger partial charge in [0.05, 0.1) is 31.2 Å². The van der Waals surface area contributed by atoms with Gasteiger partial charge in [-0.2, -0.15) is 0 Å². The Morgan fingerprint density at radius 2 is 1.42 bits per heavy atom. The SMILES string of the molecule is COc1ccc(C)cc1NC1=C(c2ccc(C)cc2C)C(=O)N(c2ccccc2OC)C1=O. The molecule has 0 unspecified atom stereocenters. The van der Waals surface area contributed by atoms with Crippen LogP contribution < -0.4 is 19.7 Å². The highest BCUT2D eigenvalue weighted by atomic mass is 16.5. The molecule has 0 fully saturated rings. The number of methoxy groups -OCH3 is 2. The topological polar surface area (TPSA) is 67.9 Å². The average molecular weight is 443 g/mol. The van der Waals surface area contributed by atoms with Crippen molar-refractivity contribution in [3.8, 4) is 11.5 Å². The quantitative estimate of drug-likeness (QED) is 0.543. The molecule has 0 aromatic heterocycles. The number of rotatable bonds is 6. The lowest BCUT2D eigenvalue weighted by Gasteiger charge is -2.18. The number of benzene rings is 3. The van der Waals surface area contributed by atoms with Crippen LogP contribution in [0.1, 0.15) is 22.3 Å². The van der Waals surface area contributed by atoms with Crippen LogP contribution >= 0.6 is 0 Å². The molecular weight excluding hydrogens is 416 g/mol.